The lowest BCUT2D eigenvalue weighted by Crippen LogP contribution is -2.56. The summed E-state index contributed by atoms with van der Waals surface area (Å²) in [6.07, 6.45) is 2.93. The van der Waals surface area contributed by atoms with Crippen molar-refractivity contribution in [2.24, 2.45) is 5.41 Å². The molecule has 0 spiro atoms. The van der Waals surface area contributed by atoms with Crippen molar-refractivity contribution in [3.63, 3.8) is 0 Å². The third-order valence-electron chi connectivity index (χ3n) is 3.55. The van der Waals surface area contributed by atoms with Crippen molar-refractivity contribution in [1.29, 1.82) is 0 Å². The van der Waals surface area contributed by atoms with Crippen LogP contribution < -0.4 is 10.6 Å². The normalized spacial score (nSPS) is 14.5. The average molecular weight is 339 g/mol. The number of hydrogen-bond donors (Lipinski definition) is 3. The van der Waals surface area contributed by atoms with Crippen molar-refractivity contribution in [2.75, 3.05) is 20.6 Å². The average Bonchev–Trinajstić information content (AvgIpc) is 2.47. The van der Waals surface area contributed by atoms with Gasteiger partial charge in [-0.25, -0.2) is 4.79 Å². The highest BCUT2D eigenvalue weighted by Crippen LogP contribution is 2.22. The summed E-state index contributed by atoms with van der Waals surface area (Å²) < 4.78 is 0. The number of rotatable bonds is 8. The molecule has 0 bridgehead atoms. The zero-order valence-corrected chi connectivity index (χ0v) is 15.3. The van der Waals surface area contributed by atoms with Crippen molar-refractivity contribution in [3.05, 3.63) is 24.3 Å². The van der Waals surface area contributed by atoms with E-state index in [9.17, 15) is 14.4 Å². The van der Waals surface area contributed by atoms with Crippen LogP contribution in [0.5, 0.6) is 0 Å². The standard InChI is InChI=1S/C17H29N3O4/c1-8-12(9-11(2)16(23)24)20(7)15(22)14(17(3,4)5)19-13(21)10-18-6/h8-9,12,14,18H,1,10H2,2-7H3,(H,19,21)(H,23,24)/b11-9+/t12-,14+/m0/s1. The molecule has 0 rings (SSSR count). The van der Waals surface area contributed by atoms with Crippen molar-refractivity contribution in [1.82, 2.24) is 15.5 Å². The third kappa shape index (κ3) is 6.54. The lowest BCUT2D eigenvalue weighted by molar-refractivity contribution is -0.138. The van der Waals surface area contributed by atoms with Gasteiger partial charge in [0.05, 0.1) is 12.6 Å². The van der Waals surface area contributed by atoms with Crippen molar-refractivity contribution in [2.45, 2.75) is 39.8 Å². The maximum atomic E-state index is 12.8. The number of carboxylic acid groups (broad SMARTS) is 1. The Hall–Kier alpha value is -2.15. The summed E-state index contributed by atoms with van der Waals surface area (Å²) in [5, 5.41) is 14.5. The first kappa shape index (κ1) is 21.9. The van der Waals surface area contributed by atoms with E-state index in [1.165, 1.54) is 24.0 Å². The van der Waals surface area contributed by atoms with Gasteiger partial charge in [0.15, 0.2) is 0 Å². The van der Waals surface area contributed by atoms with Crippen LogP contribution in [0.15, 0.2) is 24.3 Å². The second-order valence-electron chi connectivity index (χ2n) is 6.73. The Labute approximate surface area is 143 Å². The second-order valence-corrected chi connectivity index (χ2v) is 6.73. The van der Waals surface area contributed by atoms with Crippen LogP contribution in [0, 0.1) is 5.41 Å². The minimum atomic E-state index is -1.06. The summed E-state index contributed by atoms with van der Waals surface area (Å²) in [6.45, 7) is 10.8. The molecule has 0 fully saturated rings. The molecule has 0 saturated heterocycles. The van der Waals surface area contributed by atoms with Gasteiger partial charge in [0.2, 0.25) is 11.8 Å². The quantitative estimate of drug-likeness (QED) is 0.448. The maximum absolute atomic E-state index is 12.8. The summed E-state index contributed by atoms with van der Waals surface area (Å²) in [4.78, 5) is 37.1. The van der Waals surface area contributed by atoms with Gasteiger partial charge in [-0.15, -0.1) is 6.58 Å². The molecule has 0 aliphatic carbocycles. The predicted molar refractivity (Wildman–Crippen MR) is 93.5 cm³/mol. The van der Waals surface area contributed by atoms with E-state index in [0.717, 1.165) is 0 Å². The van der Waals surface area contributed by atoms with E-state index in [2.05, 4.69) is 17.2 Å². The van der Waals surface area contributed by atoms with Gasteiger partial charge in [0.25, 0.3) is 0 Å². The fourth-order valence-electron chi connectivity index (χ4n) is 2.04. The molecule has 0 radical (unpaired) electrons. The molecule has 0 aromatic rings. The van der Waals surface area contributed by atoms with E-state index >= 15 is 0 Å². The van der Waals surface area contributed by atoms with Gasteiger partial charge in [-0.05, 0) is 25.5 Å². The van der Waals surface area contributed by atoms with Crippen LogP contribution in [0.2, 0.25) is 0 Å². The van der Waals surface area contributed by atoms with Crippen LogP contribution in [0.3, 0.4) is 0 Å². The molecule has 0 aromatic heterocycles. The number of hydrogen-bond acceptors (Lipinski definition) is 4. The Morgan fingerprint density at radius 3 is 2.21 bits per heavy atom. The SMILES string of the molecule is C=C[C@@H](/C=C(\C)C(=O)O)N(C)C(=O)[C@@H](NC(=O)CNC)C(C)(C)C. The van der Waals surface area contributed by atoms with Crippen LogP contribution in [0.1, 0.15) is 27.7 Å². The van der Waals surface area contributed by atoms with Gasteiger partial charge < -0.3 is 20.6 Å². The zero-order valence-electron chi connectivity index (χ0n) is 15.3. The van der Waals surface area contributed by atoms with Crippen molar-refractivity contribution >= 4 is 17.8 Å². The molecular formula is C17H29N3O4. The topological polar surface area (TPSA) is 98.7 Å². The smallest absolute Gasteiger partial charge is 0.331 e. The molecule has 0 aromatic carbocycles. The Morgan fingerprint density at radius 2 is 1.83 bits per heavy atom. The first-order valence-corrected chi connectivity index (χ1v) is 7.70. The monoisotopic (exact) mass is 339 g/mol. The van der Waals surface area contributed by atoms with Crippen LogP contribution in [-0.4, -0.2) is 60.5 Å². The minimum absolute atomic E-state index is 0.104. The van der Waals surface area contributed by atoms with Gasteiger partial charge in [0, 0.05) is 12.6 Å². The van der Waals surface area contributed by atoms with Gasteiger partial charge in [0.1, 0.15) is 6.04 Å². The highest BCUT2D eigenvalue weighted by Gasteiger charge is 2.35. The first-order valence-electron chi connectivity index (χ1n) is 7.70. The number of carbonyl (C=O) groups is 3. The number of nitrogens with one attached hydrogen (secondary N) is 2. The molecule has 7 heteroatoms. The number of likely N-dealkylation sites (N-methyl/N-ethyl adjacent to an activating group) is 2. The maximum Gasteiger partial charge on any atom is 0.331 e. The lowest BCUT2D eigenvalue weighted by Gasteiger charge is -2.35. The number of nitrogens with zero attached hydrogens (tertiary/aromatic N) is 1. The molecule has 3 N–H and O–H groups in total. The summed E-state index contributed by atoms with van der Waals surface area (Å²) in [7, 11) is 3.20. The highest BCUT2D eigenvalue weighted by molar-refractivity contribution is 5.90. The van der Waals surface area contributed by atoms with Crippen molar-refractivity contribution in [3.8, 4) is 0 Å². The van der Waals surface area contributed by atoms with Crippen LogP contribution in [0.25, 0.3) is 0 Å². The summed E-state index contributed by atoms with van der Waals surface area (Å²) in [6, 6.07) is -1.33. The summed E-state index contributed by atoms with van der Waals surface area (Å²) in [5.41, 5.74) is -0.391. The van der Waals surface area contributed by atoms with Crippen LogP contribution >= 0.6 is 0 Å². The Kier molecular flexibility index (Phi) is 8.39. The fourth-order valence-corrected chi connectivity index (χ4v) is 2.04. The zero-order chi connectivity index (χ0) is 19.1. The number of carboxylic acids is 1. The number of carbonyl (C=O) groups excluding carboxylic acids is 2. The Bertz CT molecular complexity index is 520. The fraction of sp³-hybridized carbons (Fsp3) is 0.588. The van der Waals surface area contributed by atoms with E-state index in [4.69, 9.17) is 5.11 Å². The minimum Gasteiger partial charge on any atom is -0.478 e. The van der Waals surface area contributed by atoms with Crippen LogP contribution in [-0.2, 0) is 14.4 Å². The van der Waals surface area contributed by atoms with E-state index in [-0.39, 0.29) is 23.9 Å². The highest BCUT2D eigenvalue weighted by atomic mass is 16.4. The molecule has 0 unspecified atom stereocenters. The largest absolute Gasteiger partial charge is 0.478 e. The van der Waals surface area contributed by atoms with Crippen molar-refractivity contribution < 1.29 is 19.5 Å². The Morgan fingerprint density at radius 1 is 1.29 bits per heavy atom. The van der Waals surface area contributed by atoms with E-state index in [1.54, 1.807) is 14.1 Å². The molecule has 2 amide bonds. The Balaban J connectivity index is 5.46. The van der Waals surface area contributed by atoms with Gasteiger partial charge >= 0.3 is 5.97 Å². The summed E-state index contributed by atoms with van der Waals surface area (Å²) >= 11 is 0. The predicted octanol–water partition coefficient (Wildman–Crippen LogP) is 0.781. The molecule has 0 saturated carbocycles. The lowest BCUT2D eigenvalue weighted by atomic mass is 9.85. The van der Waals surface area contributed by atoms with Gasteiger partial charge in [-0.3, -0.25) is 9.59 Å². The number of amides is 2. The molecule has 0 aliphatic heterocycles. The molecule has 7 nitrogen and oxygen atoms in total. The van der Waals surface area contributed by atoms with E-state index < -0.39 is 23.5 Å². The van der Waals surface area contributed by atoms with E-state index in [0.29, 0.717) is 0 Å². The van der Waals surface area contributed by atoms with Gasteiger partial charge in [-0.1, -0.05) is 26.8 Å². The molecule has 24 heavy (non-hydrogen) atoms. The van der Waals surface area contributed by atoms with Crippen LogP contribution in [0.4, 0.5) is 0 Å². The second kappa shape index (κ2) is 9.22. The van der Waals surface area contributed by atoms with Gasteiger partial charge in [-0.2, -0.15) is 0 Å². The molecule has 0 heterocycles. The van der Waals surface area contributed by atoms with E-state index in [1.807, 2.05) is 20.8 Å². The molecule has 2 atom stereocenters. The molecular weight excluding hydrogens is 310 g/mol. The molecule has 0 aliphatic rings. The first-order chi connectivity index (χ1) is 10.9. The molecule has 136 valence electrons. The third-order valence-corrected chi connectivity index (χ3v) is 3.55. The number of aliphatic carboxylic acids is 1. The summed E-state index contributed by atoms with van der Waals surface area (Å²) in [5.74, 6) is -1.66.